The molecule has 0 radical (unpaired) electrons. The molecule has 0 saturated carbocycles. The summed E-state index contributed by atoms with van der Waals surface area (Å²) in [5, 5.41) is 0.511. The zero-order chi connectivity index (χ0) is 21.7. The molecule has 30 heavy (non-hydrogen) atoms. The Kier molecular flexibility index (Phi) is 7.80. The largest absolute Gasteiger partial charge is 0.468 e. The topological polar surface area (TPSA) is 60.7 Å². The number of aromatic nitrogens is 1. The van der Waals surface area contributed by atoms with E-state index in [4.69, 9.17) is 4.74 Å². The van der Waals surface area contributed by atoms with Crippen LogP contribution in [0.1, 0.15) is 19.4 Å². The fourth-order valence-electron chi connectivity index (χ4n) is 2.89. The molecule has 5 nitrogen and oxygen atoms in total. The van der Waals surface area contributed by atoms with E-state index in [9.17, 15) is 9.59 Å². The van der Waals surface area contributed by atoms with E-state index in [1.54, 1.807) is 28.1 Å². The lowest BCUT2D eigenvalue weighted by Crippen LogP contribution is -2.22. The number of carbonyl (C=O) groups excluding carboxylic acids is 2. The van der Waals surface area contributed by atoms with Gasteiger partial charge in [-0.25, -0.2) is 0 Å². The van der Waals surface area contributed by atoms with Crippen LogP contribution in [0.15, 0.2) is 57.2 Å². The predicted molar refractivity (Wildman–Crippen MR) is 125 cm³/mol. The molecule has 0 aliphatic heterocycles. The molecule has 0 aliphatic carbocycles. The van der Waals surface area contributed by atoms with E-state index in [1.165, 1.54) is 23.3 Å². The summed E-state index contributed by atoms with van der Waals surface area (Å²) >= 11 is 4.84. The third-order valence-corrected chi connectivity index (χ3v) is 7.06. The summed E-state index contributed by atoms with van der Waals surface area (Å²) in [5.74, 6) is -0.620. The molecule has 0 unspecified atom stereocenters. The van der Waals surface area contributed by atoms with Crippen molar-refractivity contribution in [2.45, 2.75) is 41.9 Å². The van der Waals surface area contributed by atoms with Crippen molar-refractivity contribution in [3.8, 4) is 0 Å². The average Bonchev–Trinajstić information content (AvgIpc) is 3.04. The van der Waals surface area contributed by atoms with Crippen LogP contribution < -0.4 is 4.80 Å². The first kappa shape index (κ1) is 22.7. The van der Waals surface area contributed by atoms with Gasteiger partial charge in [-0.15, -0.1) is 23.5 Å². The lowest BCUT2D eigenvalue weighted by molar-refractivity contribution is -0.141. The summed E-state index contributed by atoms with van der Waals surface area (Å²) in [6.45, 7) is 4.32. The first-order chi connectivity index (χ1) is 14.4. The van der Waals surface area contributed by atoms with Gasteiger partial charge in [0.2, 0.25) is 0 Å². The number of benzene rings is 2. The molecular weight excluding hydrogens is 436 g/mol. The highest BCUT2D eigenvalue weighted by Crippen LogP contribution is 2.25. The van der Waals surface area contributed by atoms with Gasteiger partial charge in [-0.05, 0) is 42.2 Å². The Morgan fingerprint density at radius 1 is 1.13 bits per heavy atom. The van der Waals surface area contributed by atoms with Crippen molar-refractivity contribution >= 4 is 57.0 Å². The molecule has 2 aromatic carbocycles. The summed E-state index contributed by atoms with van der Waals surface area (Å²) in [6.07, 6.45) is 2.23. The molecule has 8 heteroatoms. The van der Waals surface area contributed by atoms with Gasteiger partial charge in [-0.3, -0.25) is 9.59 Å². The number of thioether (sulfide) groups is 2. The number of ether oxygens (including phenoxy) is 1. The second-order valence-corrected chi connectivity index (χ2v) is 10.4. The number of amides is 1. The fourth-order valence-corrected chi connectivity index (χ4v) is 5.33. The van der Waals surface area contributed by atoms with Crippen molar-refractivity contribution in [2.24, 2.45) is 4.99 Å². The van der Waals surface area contributed by atoms with Crippen molar-refractivity contribution < 1.29 is 14.3 Å². The maximum absolute atomic E-state index is 12.7. The minimum absolute atomic E-state index is 0.0162. The van der Waals surface area contributed by atoms with Crippen molar-refractivity contribution in [3.63, 3.8) is 0 Å². The fraction of sp³-hybridized carbons (Fsp3) is 0.318. The lowest BCUT2D eigenvalue weighted by atomic mass is 10.1. The molecule has 0 atom stereocenters. The first-order valence-electron chi connectivity index (χ1n) is 9.47. The van der Waals surface area contributed by atoms with Crippen LogP contribution in [0, 0.1) is 0 Å². The molecule has 1 heterocycles. The third kappa shape index (κ3) is 5.77. The van der Waals surface area contributed by atoms with Gasteiger partial charge < -0.3 is 9.30 Å². The first-order valence-corrected chi connectivity index (χ1v) is 12.4. The van der Waals surface area contributed by atoms with E-state index < -0.39 is 0 Å². The standard InChI is InChI=1S/C22H24N2O3S3/c1-14(2)29-16-7-5-15(6-8-16)11-20(25)23-22-24(13-21(26)27-3)18-10-9-17(28-4)12-19(18)30-22/h5-10,12,14H,11,13H2,1-4H3. The van der Waals surface area contributed by atoms with Crippen LogP contribution >= 0.6 is 34.9 Å². The van der Waals surface area contributed by atoms with Crippen LogP contribution in [0.25, 0.3) is 10.2 Å². The van der Waals surface area contributed by atoms with Gasteiger partial charge in [0.1, 0.15) is 6.54 Å². The molecular formula is C22H24N2O3S3. The van der Waals surface area contributed by atoms with Crippen LogP contribution in [0.4, 0.5) is 0 Å². The van der Waals surface area contributed by atoms with Gasteiger partial charge in [-0.2, -0.15) is 4.99 Å². The molecule has 3 aromatic rings. The number of esters is 1. The number of fused-ring (bicyclic) bond motifs is 1. The van der Waals surface area contributed by atoms with Gasteiger partial charge in [0, 0.05) is 15.0 Å². The van der Waals surface area contributed by atoms with Gasteiger partial charge in [0.05, 0.1) is 23.7 Å². The Bertz CT molecular complexity index is 1110. The highest BCUT2D eigenvalue weighted by atomic mass is 32.2. The maximum atomic E-state index is 12.7. The highest BCUT2D eigenvalue weighted by molar-refractivity contribution is 8.00. The monoisotopic (exact) mass is 460 g/mol. The molecule has 0 N–H and O–H groups in total. The number of carbonyl (C=O) groups is 2. The Morgan fingerprint density at radius 3 is 2.47 bits per heavy atom. The molecule has 158 valence electrons. The highest BCUT2D eigenvalue weighted by Gasteiger charge is 2.13. The van der Waals surface area contributed by atoms with Crippen molar-refractivity contribution in [1.29, 1.82) is 0 Å². The summed E-state index contributed by atoms with van der Waals surface area (Å²) in [6, 6.07) is 14.0. The van der Waals surface area contributed by atoms with Crippen LogP contribution in [-0.4, -0.2) is 35.1 Å². The van der Waals surface area contributed by atoms with Gasteiger partial charge in [0.25, 0.3) is 5.91 Å². The second-order valence-electron chi connectivity index (χ2n) is 6.87. The normalized spacial score (nSPS) is 12.0. The van der Waals surface area contributed by atoms with Crippen molar-refractivity contribution in [2.75, 3.05) is 13.4 Å². The average molecular weight is 461 g/mol. The number of thiazole rings is 1. The summed E-state index contributed by atoms with van der Waals surface area (Å²) < 4.78 is 7.55. The van der Waals surface area contributed by atoms with Crippen LogP contribution in [0.2, 0.25) is 0 Å². The van der Waals surface area contributed by atoms with E-state index in [-0.39, 0.29) is 24.8 Å². The van der Waals surface area contributed by atoms with E-state index in [1.807, 2.05) is 48.7 Å². The summed E-state index contributed by atoms with van der Waals surface area (Å²) in [5.41, 5.74) is 1.78. The van der Waals surface area contributed by atoms with Crippen LogP contribution in [0.3, 0.4) is 0 Å². The Hall–Kier alpha value is -2.03. The van der Waals surface area contributed by atoms with Crippen LogP contribution in [0.5, 0.6) is 0 Å². The molecule has 0 bridgehead atoms. The molecule has 0 saturated heterocycles. The predicted octanol–water partition coefficient (Wildman–Crippen LogP) is 4.77. The van der Waals surface area contributed by atoms with Crippen molar-refractivity contribution in [3.05, 3.63) is 52.8 Å². The second kappa shape index (κ2) is 10.3. The SMILES string of the molecule is COC(=O)Cn1c(=NC(=O)Cc2ccc(SC(C)C)cc2)sc2cc(SC)ccc21. The molecule has 3 rings (SSSR count). The van der Waals surface area contributed by atoms with Crippen LogP contribution in [-0.2, 0) is 27.3 Å². The zero-order valence-corrected chi connectivity index (χ0v) is 19.8. The zero-order valence-electron chi connectivity index (χ0n) is 17.4. The van der Waals surface area contributed by atoms with Gasteiger partial charge in [-0.1, -0.05) is 37.3 Å². The number of methoxy groups -OCH3 is 1. The minimum Gasteiger partial charge on any atom is -0.468 e. The molecule has 1 amide bonds. The molecule has 0 spiro atoms. The number of rotatable bonds is 7. The lowest BCUT2D eigenvalue weighted by Gasteiger charge is -2.05. The maximum Gasteiger partial charge on any atom is 0.325 e. The van der Waals surface area contributed by atoms with Gasteiger partial charge in [0.15, 0.2) is 4.80 Å². The van der Waals surface area contributed by atoms with Crippen molar-refractivity contribution in [1.82, 2.24) is 4.57 Å². The number of hydrogen-bond acceptors (Lipinski definition) is 6. The van der Waals surface area contributed by atoms with E-state index in [0.29, 0.717) is 10.1 Å². The Labute approximate surface area is 188 Å². The number of hydrogen-bond donors (Lipinski definition) is 0. The Balaban J connectivity index is 1.90. The third-order valence-electron chi connectivity index (χ3n) is 4.28. The number of nitrogens with zero attached hydrogens (tertiary/aromatic N) is 2. The summed E-state index contributed by atoms with van der Waals surface area (Å²) in [7, 11) is 1.35. The Morgan fingerprint density at radius 2 is 1.83 bits per heavy atom. The smallest absolute Gasteiger partial charge is 0.325 e. The molecule has 0 aliphatic rings. The quantitative estimate of drug-likeness (QED) is 0.375. The van der Waals surface area contributed by atoms with E-state index in [0.717, 1.165) is 20.7 Å². The molecule has 0 fully saturated rings. The van der Waals surface area contributed by atoms with E-state index >= 15 is 0 Å². The van der Waals surface area contributed by atoms with E-state index in [2.05, 4.69) is 18.8 Å². The minimum atomic E-state index is -0.379. The summed E-state index contributed by atoms with van der Waals surface area (Å²) in [4.78, 5) is 31.7. The van der Waals surface area contributed by atoms with Gasteiger partial charge >= 0.3 is 5.97 Å². The molecule has 1 aromatic heterocycles.